The van der Waals surface area contributed by atoms with Gasteiger partial charge in [-0.05, 0) is 49.9 Å². The standard InChI is InChI=1S/C32H40N8O6/c1-5-15-39(16-6-2)27-33-29-37-30(34-27)44-24-12-10-14-26(22(24)20-42)46-32-36-28(40(17-7-3)18-8-4)35-31(38-32)45-25-13-9-11-23(43-29)21(25)19-41/h9-14,41-42H,5-8,15-20H2,1-4H3. The van der Waals surface area contributed by atoms with Crippen molar-refractivity contribution in [2.24, 2.45) is 0 Å². The normalized spacial score (nSPS) is 12.0. The lowest BCUT2D eigenvalue weighted by Crippen LogP contribution is -2.27. The molecule has 3 heterocycles. The average Bonchev–Trinajstić information content (AvgIpc) is 3.04. The molecule has 2 N–H and O–H groups in total. The van der Waals surface area contributed by atoms with Crippen LogP contribution in [0, 0.1) is 0 Å². The Morgan fingerprint density at radius 2 is 0.761 bits per heavy atom. The third kappa shape index (κ3) is 7.51. The fraction of sp³-hybridized carbons (Fsp3) is 0.438. The van der Waals surface area contributed by atoms with Gasteiger partial charge in [-0.2, -0.15) is 19.9 Å². The molecule has 2 aromatic carbocycles. The molecule has 0 amide bonds. The van der Waals surface area contributed by atoms with E-state index in [2.05, 4.69) is 57.6 Å². The Bertz CT molecular complexity index is 1410. The lowest BCUT2D eigenvalue weighted by atomic mass is 10.2. The summed E-state index contributed by atoms with van der Waals surface area (Å²) in [6.45, 7) is 10.3. The second-order valence-electron chi connectivity index (χ2n) is 10.6. The Labute approximate surface area is 268 Å². The molecule has 1 aliphatic heterocycles. The summed E-state index contributed by atoms with van der Waals surface area (Å²) in [5.74, 6) is 1.77. The van der Waals surface area contributed by atoms with E-state index >= 15 is 0 Å². The van der Waals surface area contributed by atoms with Crippen molar-refractivity contribution in [2.75, 3.05) is 36.0 Å². The predicted molar refractivity (Wildman–Crippen MR) is 170 cm³/mol. The molecular weight excluding hydrogens is 592 g/mol. The molecular formula is C32H40N8O6. The van der Waals surface area contributed by atoms with Crippen LogP contribution in [-0.2, 0) is 13.2 Å². The third-order valence-corrected chi connectivity index (χ3v) is 7.01. The van der Waals surface area contributed by atoms with Crippen molar-refractivity contribution in [2.45, 2.75) is 66.6 Å². The van der Waals surface area contributed by atoms with Crippen LogP contribution in [0.2, 0.25) is 0 Å². The lowest BCUT2D eigenvalue weighted by molar-refractivity contribution is 0.265. The van der Waals surface area contributed by atoms with E-state index in [-0.39, 0.29) is 47.0 Å². The number of hydrogen-bond acceptors (Lipinski definition) is 14. The van der Waals surface area contributed by atoms with Crippen molar-refractivity contribution in [1.29, 1.82) is 0 Å². The smallest absolute Gasteiger partial charge is 0.330 e. The van der Waals surface area contributed by atoms with Crippen molar-refractivity contribution in [3.63, 3.8) is 0 Å². The van der Waals surface area contributed by atoms with Gasteiger partial charge in [0.15, 0.2) is 0 Å². The molecule has 0 spiro atoms. The predicted octanol–water partition coefficient (Wildman–Crippen LogP) is 5.78. The lowest BCUT2D eigenvalue weighted by Gasteiger charge is -2.23. The molecule has 2 aromatic heterocycles. The number of anilines is 2. The molecule has 5 rings (SSSR count). The van der Waals surface area contributed by atoms with Gasteiger partial charge in [-0.1, -0.05) is 39.8 Å². The summed E-state index contributed by atoms with van der Waals surface area (Å²) in [7, 11) is 0. The van der Waals surface area contributed by atoms with Crippen LogP contribution in [0.4, 0.5) is 11.9 Å². The number of aliphatic hydroxyl groups is 2. The largest absolute Gasteiger partial charge is 0.424 e. The van der Waals surface area contributed by atoms with Crippen LogP contribution in [0.5, 0.6) is 47.0 Å². The number of aliphatic hydroxyl groups excluding tert-OH is 2. The maximum atomic E-state index is 10.5. The van der Waals surface area contributed by atoms with Gasteiger partial charge in [0.1, 0.15) is 23.0 Å². The van der Waals surface area contributed by atoms with Crippen molar-refractivity contribution in [1.82, 2.24) is 29.9 Å². The van der Waals surface area contributed by atoms with E-state index in [0.29, 0.717) is 49.2 Å². The highest BCUT2D eigenvalue weighted by molar-refractivity contribution is 5.49. The molecule has 46 heavy (non-hydrogen) atoms. The van der Waals surface area contributed by atoms with Crippen molar-refractivity contribution < 1.29 is 29.2 Å². The van der Waals surface area contributed by atoms with Gasteiger partial charge in [-0.3, -0.25) is 0 Å². The molecule has 8 bridgehead atoms. The zero-order valence-electron chi connectivity index (χ0n) is 26.6. The highest BCUT2D eigenvalue weighted by atomic mass is 16.5. The number of nitrogens with zero attached hydrogens (tertiary/aromatic N) is 8. The van der Waals surface area contributed by atoms with Gasteiger partial charge in [-0.15, -0.1) is 9.97 Å². The van der Waals surface area contributed by atoms with Gasteiger partial charge < -0.3 is 39.0 Å². The number of hydrogen-bond donors (Lipinski definition) is 2. The molecule has 0 radical (unpaired) electrons. The molecule has 0 saturated heterocycles. The first-order valence-electron chi connectivity index (χ1n) is 15.7. The molecule has 14 heteroatoms. The maximum absolute atomic E-state index is 10.5. The van der Waals surface area contributed by atoms with Crippen molar-refractivity contribution >= 4 is 11.9 Å². The number of rotatable bonds is 12. The van der Waals surface area contributed by atoms with Crippen LogP contribution >= 0.6 is 0 Å². The summed E-state index contributed by atoms with van der Waals surface area (Å²) < 4.78 is 24.7. The second-order valence-corrected chi connectivity index (χ2v) is 10.6. The quantitative estimate of drug-likeness (QED) is 0.170. The van der Waals surface area contributed by atoms with E-state index in [4.69, 9.17) is 18.9 Å². The minimum Gasteiger partial charge on any atom is -0.424 e. The fourth-order valence-corrected chi connectivity index (χ4v) is 5.00. The zero-order valence-corrected chi connectivity index (χ0v) is 26.6. The monoisotopic (exact) mass is 632 g/mol. The van der Waals surface area contributed by atoms with E-state index in [1.807, 2.05) is 9.80 Å². The van der Waals surface area contributed by atoms with Gasteiger partial charge in [0.05, 0.1) is 24.3 Å². The first-order chi connectivity index (χ1) is 22.5. The molecule has 4 aromatic rings. The van der Waals surface area contributed by atoms with Crippen LogP contribution < -0.4 is 28.7 Å². The Balaban J connectivity index is 1.70. The third-order valence-electron chi connectivity index (χ3n) is 7.01. The zero-order chi connectivity index (χ0) is 32.5. The number of fused-ring (bicyclic) bond motifs is 8. The van der Waals surface area contributed by atoms with Crippen LogP contribution in [0.15, 0.2) is 36.4 Å². The summed E-state index contributed by atoms with van der Waals surface area (Å²) in [6.07, 6.45) is 3.47. The van der Waals surface area contributed by atoms with E-state index in [9.17, 15) is 10.2 Å². The van der Waals surface area contributed by atoms with Gasteiger partial charge in [-0.25, -0.2) is 0 Å². The summed E-state index contributed by atoms with van der Waals surface area (Å²) >= 11 is 0. The Morgan fingerprint density at radius 1 is 0.478 bits per heavy atom. The molecule has 0 saturated carbocycles. The van der Waals surface area contributed by atoms with E-state index in [1.165, 1.54) is 0 Å². The van der Waals surface area contributed by atoms with Gasteiger partial charge in [0.25, 0.3) is 0 Å². The molecule has 1 aliphatic rings. The van der Waals surface area contributed by atoms with Gasteiger partial charge in [0.2, 0.25) is 11.9 Å². The molecule has 0 atom stereocenters. The van der Waals surface area contributed by atoms with E-state index < -0.39 is 13.2 Å². The second kappa shape index (κ2) is 15.5. The number of benzene rings is 2. The van der Waals surface area contributed by atoms with Gasteiger partial charge in [0, 0.05) is 26.2 Å². The summed E-state index contributed by atoms with van der Waals surface area (Å²) in [5.41, 5.74) is 0.656. The maximum Gasteiger partial charge on any atom is 0.330 e. The Hall–Kier alpha value is -4.82. The first-order valence-corrected chi connectivity index (χ1v) is 15.7. The van der Waals surface area contributed by atoms with Crippen LogP contribution in [0.25, 0.3) is 0 Å². The van der Waals surface area contributed by atoms with E-state index in [0.717, 1.165) is 25.7 Å². The summed E-state index contributed by atoms with van der Waals surface area (Å²) in [4.78, 5) is 31.3. The number of ether oxygens (including phenoxy) is 4. The minimum atomic E-state index is -0.423. The Morgan fingerprint density at radius 3 is 1.00 bits per heavy atom. The van der Waals surface area contributed by atoms with Gasteiger partial charge >= 0.3 is 24.0 Å². The average molecular weight is 633 g/mol. The molecule has 0 aliphatic carbocycles. The SMILES string of the molecule is CCCN(CCC)c1nc2nc(n1)Oc1cccc(c1CO)Oc1nc(nc(N(CCC)CCC)n1)Oc1cccc(c1CO)O2. The minimum absolute atomic E-state index is 0.0476. The summed E-state index contributed by atoms with van der Waals surface area (Å²) in [5, 5.41) is 20.9. The molecule has 14 nitrogen and oxygen atoms in total. The molecule has 244 valence electrons. The number of aromatic nitrogens is 6. The summed E-state index contributed by atoms with van der Waals surface area (Å²) in [6, 6.07) is 9.93. The first kappa shape index (κ1) is 32.6. The fourth-order valence-electron chi connectivity index (χ4n) is 5.00. The molecule has 0 unspecified atom stereocenters. The molecule has 0 fully saturated rings. The van der Waals surface area contributed by atoms with Crippen LogP contribution in [0.3, 0.4) is 0 Å². The van der Waals surface area contributed by atoms with E-state index in [1.54, 1.807) is 36.4 Å². The topological polar surface area (TPSA) is 161 Å². The van der Waals surface area contributed by atoms with Crippen molar-refractivity contribution in [3.8, 4) is 47.0 Å². The highest BCUT2D eigenvalue weighted by Gasteiger charge is 2.23. The van der Waals surface area contributed by atoms with Crippen LogP contribution in [-0.4, -0.2) is 66.3 Å². The van der Waals surface area contributed by atoms with Crippen LogP contribution in [0.1, 0.15) is 64.5 Å². The highest BCUT2D eigenvalue weighted by Crippen LogP contribution is 2.37. The van der Waals surface area contributed by atoms with Crippen molar-refractivity contribution in [3.05, 3.63) is 47.5 Å². The Kier molecular flexibility index (Phi) is 10.9.